The van der Waals surface area contributed by atoms with Crippen molar-refractivity contribution in [2.24, 2.45) is 5.92 Å². The molecule has 1 unspecified atom stereocenters. The molecular formula is C14H22N2O. The van der Waals surface area contributed by atoms with E-state index >= 15 is 0 Å². The summed E-state index contributed by atoms with van der Waals surface area (Å²) in [4.78, 5) is 4.11. The van der Waals surface area contributed by atoms with E-state index in [1.165, 1.54) is 12.0 Å². The van der Waals surface area contributed by atoms with Gasteiger partial charge in [0.15, 0.2) is 0 Å². The smallest absolute Gasteiger partial charge is 0.0629 e. The first-order chi connectivity index (χ1) is 8.16. The van der Waals surface area contributed by atoms with E-state index in [2.05, 4.69) is 30.2 Å². The summed E-state index contributed by atoms with van der Waals surface area (Å²) >= 11 is 0. The summed E-state index contributed by atoms with van der Waals surface area (Å²) in [6, 6.07) is 4.09. The topological polar surface area (TPSA) is 34.2 Å². The van der Waals surface area contributed by atoms with E-state index in [1.54, 1.807) is 0 Å². The zero-order valence-electron chi connectivity index (χ0n) is 10.8. The van der Waals surface area contributed by atoms with Gasteiger partial charge in [0.05, 0.1) is 5.60 Å². The molecule has 94 valence electrons. The highest BCUT2D eigenvalue weighted by atomic mass is 16.5. The Kier molecular flexibility index (Phi) is 4.13. The van der Waals surface area contributed by atoms with Gasteiger partial charge in [-0.05, 0) is 50.8 Å². The molecule has 0 spiro atoms. The lowest BCUT2D eigenvalue weighted by Gasteiger charge is -2.35. The number of rotatable bonds is 4. The second kappa shape index (κ2) is 5.61. The molecule has 1 N–H and O–H groups in total. The Morgan fingerprint density at radius 2 is 2.41 bits per heavy atom. The molecule has 1 aromatic rings. The van der Waals surface area contributed by atoms with Crippen molar-refractivity contribution in [2.45, 2.75) is 38.8 Å². The first-order valence-corrected chi connectivity index (χ1v) is 6.39. The Morgan fingerprint density at radius 1 is 1.53 bits per heavy atom. The summed E-state index contributed by atoms with van der Waals surface area (Å²) in [5.41, 5.74) is 1.30. The summed E-state index contributed by atoms with van der Waals surface area (Å²) in [5.74, 6) is 0.732. The van der Waals surface area contributed by atoms with Crippen molar-refractivity contribution < 1.29 is 4.74 Å². The summed E-state index contributed by atoms with van der Waals surface area (Å²) in [6.07, 6.45) is 6.04. The fourth-order valence-corrected chi connectivity index (χ4v) is 2.46. The number of pyridine rings is 1. The van der Waals surface area contributed by atoms with E-state index in [9.17, 15) is 0 Å². The lowest BCUT2D eigenvalue weighted by molar-refractivity contribution is -0.0718. The second-order valence-electron chi connectivity index (χ2n) is 5.46. The van der Waals surface area contributed by atoms with Crippen molar-refractivity contribution in [1.82, 2.24) is 10.3 Å². The van der Waals surface area contributed by atoms with Crippen LogP contribution < -0.4 is 5.32 Å². The molecule has 2 rings (SSSR count). The Hall–Kier alpha value is -0.930. The average molecular weight is 234 g/mol. The van der Waals surface area contributed by atoms with Crippen LogP contribution in [0.1, 0.15) is 32.3 Å². The van der Waals surface area contributed by atoms with Gasteiger partial charge < -0.3 is 10.1 Å². The third kappa shape index (κ3) is 4.10. The van der Waals surface area contributed by atoms with Crippen molar-refractivity contribution in [3.05, 3.63) is 30.1 Å². The maximum atomic E-state index is 5.72. The van der Waals surface area contributed by atoms with Crippen LogP contribution in [0.15, 0.2) is 24.5 Å². The summed E-state index contributed by atoms with van der Waals surface area (Å²) < 4.78 is 5.72. The first-order valence-electron chi connectivity index (χ1n) is 6.39. The van der Waals surface area contributed by atoms with Crippen LogP contribution in [0.25, 0.3) is 0 Å². The number of aromatic nitrogens is 1. The highest BCUT2D eigenvalue weighted by molar-refractivity contribution is 5.07. The maximum absolute atomic E-state index is 5.72. The van der Waals surface area contributed by atoms with Gasteiger partial charge in [0.25, 0.3) is 0 Å². The van der Waals surface area contributed by atoms with Crippen molar-refractivity contribution in [3.63, 3.8) is 0 Å². The van der Waals surface area contributed by atoms with Crippen LogP contribution >= 0.6 is 0 Å². The van der Waals surface area contributed by atoms with Crippen LogP contribution in [-0.4, -0.2) is 23.7 Å². The van der Waals surface area contributed by atoms with Crippen molar-refractivity contribution in [2.75, 3.05) is 13.2 Å². The SMILES string of the molecule is CC1(C)CC(CNCc2cccnc2)CCO1. The van der Waals surface area contributed by atoms with Gasteiger partial charge in [-0.15, -0.1) is 0 Å². The van der Waals surface area contributed by atoms with Gasteiger partial charge in [0.1, 0.15) is 0 Å². The molecular weight excluding hydrogens is 212 g/mol. The molecule has 1 fully saturated rings. The van der Waals surface area contributed by atoms with E-state index in [0.29, 0.717) is 0 Å². The van der Waals surface area contributed by atoms with Crippen LogP contribution in [0.5, 0.6) is 0 Å². The Morgan fingerprint density at radius 3 is 3.12 bits per heavy atom. The number of ether oxygens (including phenoxy) is 1. The van der Waals surface area contributed by atoms with E-state index in [-0.39, 0.29) is 5.60 Å². The van der Waals surface area contributed by atoms with Crippen LogP contribution in [0, 0.1) is 5.92 Å². The third-order valence-electron chi connectivity index (χ3n) is 3.28. The van der Waals surface area contributed by atoms with E-state index in [0.717, 1.165) is 32.0 Å². The van der Waals surface area contributed by atoms with Gasteiger partial charge in [-0.1, -0.05) is 6.07 Å². The molecule has 0 aromatic carbocycles. The highest BCUT2D eigenvalue weighted by Crippen LogP contribution is 2.27. The quantitative estimate of drug-likeness (QED) is 0.868. The van der Waals surface area contributed by atoms with Crippen molar-refractivity contribution in [3.8, 4) is 0 Å². The number of hydrogen-bond acceptors (Lipinski definition) is 3. The van der Waals surface area contributed by atoms with E-state index in [1.807, 2.05) is 18.5 Å². The molecule has 1 aliphatic heterocycles. The second-order valence-corrected chi connectivity index (χ2v) is 5.46. The van der Waals surface area contributed by atoms with E-state index in [4.69, 9.17) is 4.74 Å². The first kappa shape index (κ1) is 12.5. The minimum Gasteiger partial charge on any atom is -0.376 e. The predicted octanol–water partition coefficient (Wildman–Crippen LogP) is 2.38. The lowest BCUT2D eigenvalue weighted by Crippen LogP contribution is -2.37. The van der Waals surface area contributed by atoms with Gasteiger partial charge in [-0.25, -0.2) is 0 Å². The largest absolute Gasteiger partial charge is 0.376 e. The Bertz CT molecular complexity index is 337. The van der Waals surface area contributed by atoms with Crippen molar-refractivity contribution >= 4 is 0 Å². The molecule has 0 radical (unpaired) electrons. The molecule has 1 aliphatic rings. The molecule has 0 saturated carbocycles. The summed E-state index contributed by atoms with van der Waals surface area (Å²) in [7, 11) is 0. The zero-order chi connectivity index (χ0) is 12.1. The Balaban J connectivity index is 1.72. The minimum atomic E-state index is 0.0545. The van der Waals surface area contributed by atoms with Crippen LogP contribution in [-0.2, 0) is 11.3 Å². The molecule has 1 atom stereocenters. The molecule has 0 amide bonds. The minimum absolute atomic E-state index is 0.0545. The molecule has 1 aromatic heterocycles. The van der Waals surface area contributed by atoms with Crippen LogP contribution in [0.3, 0.4) is 0 Å². The van der Waals surface area contributed by atoms with Gasteiger partial charge >= 0.3 is 0 Å². The molecule has 1 saturated heterocycles. The number of nitrogens with zero attached hydrogens (tertiary/aromatic N) is 1. The molecule has 3 heteroatoms. The maximum Gasteiger partial charge on any atom is 0.0629 e. The van der Waals surface area contributed by atoms with Gasteiger partial charge in [-0.2, -0.15) is 0 Å². The number of hydrogen-bond donors (Lipinski definition) is 1. The molecule has 17 heavy (non-hydrogen) atoms. The normalized spacial score (nSPS) is 23.5. The molecule has 2 heterocycles. The fraction of sp³-hybridized carbons (Fsp3) is 0.643. The molecule has 3 nitrogen and oxygen atoms in total. The zero-order valence-corrected chi connectivity index (χ0v) is 10.8. The standard InChI is InChI=1S/C14H22N2O/c1-14(2)8-12(5-7-17-14)9-16-11-13-4-3-6-15-10-13/h3-4,6,10,12,16H,5,7-9,11H2,1-2H3. The monoisotopic (exact) mass is 234 g/mol. The highest BCUT2D eigenvalue weighted by Gasteiger charge is 2.28. The summed E-state index contributed by atoms with van der Waals surface area (Å²) in [6.45, 7) is 7.24. The van der Waals surface area contributed by atoms with Crippen LogP contribution in [0.4, 0.5) is 0 Å². The Labute approximate surface area is 104 Å². The van der Waals surface area contributed by atoms with Gasteiger partial charge in [0, 0.05) is 25.5 Å². The molecule has 0 bridgehead atoms. The van der Waals surface area contributed by atoms with Crippen LogP contribution in [0.2, 0.25) is 0 Å². The summed E-state index contributed by atoms with van der Waals surface area (Å²) in [5, 5.41) is 3.51. The average Bonchev–Trinajstić information content (AvgIpc) is 2.29. The fourth-order valence-electron chi connectivity index (χ4n) is 2.46. The lowest BCUT2D eigenvalue weighted by atomic mass is 9.88. The third-order valence-corrected chi connectivity index (χ3v) is 3.28. The van der Waals surface area contributed by atoms with Crippen molar-refractivity contribution in [1.29, 1.82) is 0 Å². The van der Waals surface area contributed by atoms with Gasteiger partial charge in [-0.3, -0.25) is 4.98 Å². The van der Waals surface area contributed by atoms with Gasteiger partial charge in [0.2, 0.25) is 0 Å². The molecule has 0 aliphatic carbocycles. The van der Waals surface area contributed by atoms with E-state index < -0.39 is 0 Å². The predicted molar refractivity (Wildman–Crippen MR) is 68.7 cm³/mol. The number of nitrogens with one attached hydrogen (secondary N) is 1.